The molecule has 1 aliphatic heterocycles. The minimum Gasteiger partial charge on any atom is -0.493 e. The van der Waals surface area contributed by atoms with Crippen LogP contribution in [0.3, 0.4) is 0 Å². The summed E-state index contributed by atoms with van der Waals surface area (Å²) in [5.41, 5.74) is 0.770. The van der Waals surface area contributed by atoms with Crippen molar-refractivity contribution in [2.75, 3.05) is 6.61 Å². The summed E-state index contributed by atoms with van der Waals surface area (Å²) < 4.78 is 6.54. The van der Waals surface area contributed by atoms with Gasteiger partial charge in [0.15, 0.2) is 0 Å². The molecular formula is C15H16BrNO4. The molecule has 0 saturated heterocycles. The van der Waals surface area contributed by atoms with Gasteiger partial charge in [0.1, 0.15) is 11.2 Å². The molecule has 0 unspecified atom stereocenters. The topological polar surface area (TPSA) is 75.6 Å². The summed E-state index contributed by atoms with van der Waals surface area (Å²) in [6.07, 6.45) is 2.48. The number of ether oxygens (including phenoxy) is 1. The molecule has 112 valence electrons. The molecule has 1 heterocycles. The summed E-state index contributed by atoms with van der Waals surface area (Å²) in [6.45, 7) is 0.932. The second-order valence-corrected chi connectivity index (χ2v) is 6.49. The average Bonchev–Trinajstić information content (AvgIpc) is 2.81. The van der Waals surface area contributed by atoms with Gasteiger partial charge in [0.25, 0.3) is 0 Å². The number of amides is 1. The number of hydrogen-bond acceptors (Lipinski definition) is 3. The Balaban J connectivity index is 1.74. The normalized spacial score (nSPS) is 18.3. The number of carboxylic acids is 1. The first kappa shape index (κ1) is 14.4. The van der Waals surface area contributed by atoms with Gasteiger partial charge in [-0.25, -0.2) is 0 Å². The van der Waals surface area contributed by atoms with Gasteiger partial charge in [0.2, 0.25) is 5.91 Å². The van der Waals surface area contributed by atoms with Gasteiger partial charge in [0.05, 0.1) is 6.61 Å². The van der Waals surface area contributed by atoms with Crippen molar-refractivity contribution >= 4 is 27.8 Å². The molecule has 0 aromatic heterocycles. The average molecular weight is 354 g/mol. The highest BCUT2D eigenvalue weighted by atomic mass is 79.9. The predicted octanol–water partition coefficient (Wildman–Crippen LogP) is 2.26. The fourth-order valence-corrected chi connectivity index (χ4v) is 3.44. The van der Waals surface area contributed by atoms with Gasteiger partial charge < -0.3 is 15.2 Å². The van der Waals surface area contributed by atoms with Crippen LogP contribution in [0.1, 0.15) is 30.4 Å². The molecule has 1 aromatic carbocycles. The number of fused-ring (bicyclic) bond motifs is 1. The molecule has 6 heteroatoms. The number of aliphatic carboxylic acids is 1. The lowest BCUT2D eigenvalue weighted by Crippen LogP contribution is -2.50. The Bertz CT molecular complexity index is 610. The summed E-state index contributed by atoms with van der Waals surface area (Å²) in [6, 6.07) is 3.91. The number of nitrogens with one attached hydrogen (secondary N) is 1. The number of halogens is 1. The fourth-order valence-electron chi connectivity index (χ4n) is 2.89. The number of carbonyl (C=O) groups is 2. The Morgan fingerprint density at radius 2 is 2.14 bits per heavy atom. The van der Waals surface area contributed by atoms with Crippen LogP contribution in [-0.4, -0.2) is 23.6 Å². The van der Waals surface area contributed by atoms with Crippen LogP contribution in [0.5, 0.6) is 5.75 Å². The van der Waals surface area contributed by atoms with Gasteiger partial charge in [-0.05, 0) is 30.5 Å². The highest BCUT2D eigenvalue weighted by molar-refractivity contribution is 9.10. The summed E-state index contributed by atoms with van der Waals surface area (Å²) >= 11 is 3.45. The molecule has 0 radical (unpaired) electrons. The van der Waals surface area contributed by atoms with Crippen LogP contribution in [0, 0.1) is 5.41 Å². The van der Waals surface area contributed by atoms with Crippen LogP contribution in [0.2, 0.25) is 0 Å². The third-order valence-corrected chi connectivity index (χ3v) is 4.77. The van der Waals surface area contributed by atoms with Gasteiger partial charge in [0, 0.05) is 23.0 Å². The number of carboxylic acid groups (broad SMARTS) is 1. The monoisotopic (exact) mass is 353 g/mol. The van der Waals surface area contributed by atoms with Crippen LogP contribution in [-0.2, 0) is 22.6 Å². The van der Waals surface area contributed by atoms with Crippen molar-refractivity contribution in [3.05, 3.63) is 27.7 Å². The van der Waals surface area contributed by atoms with Crippen LogP contribution in [0.4, 0.5) is 0 Å². The zero-order valence-electron chi connectivity index (χ0n) is 11.4. The van der Waals surface area contributed by atoms with Crippen molar-refractivity contribution in [3.63, 3.8) is 0 Å². The van der Waals surface area contributed by atoms with E-state index in [1.54, 1.807) is 0 Å². The molecule has 1 fully saturated rings. The van der Waals surface area contributed by atoms with Crippen LogP contribution < -0.4 is 10.1 Å². The highest BCUT2D eigenvalue weighted by Crippen LogP contribution is 2.41. The maximum Gasteiger partial charge on any atom is 0.319 e. The van der Waals surface area contributed by atoms with Crippen LogP contribution in [0.15, 0.2) is 16.6 Å². The zero-order chi connectivity index (χ0) is 15.0. The smallest absolute Gasteiger partial charge is 0.319 e. The van der Waals surface area contributed by atoms with E-state index >= 15 is 0 Å². The standard InChI is InChI=1S/C15H16BrNO4/c16-11-6-9-2-5-21-12(9)10(7-11)8-17-13(18)15(14(19)20)3-1-4-15/h6-7H,1-5,8H2,(H,17,18)(H,19,20). The van der Waals surface area contributed by atoms with Crippen molar-refractivity contribution in [2.45, 2.75) is 32.2 Å². The van der Waals surface area contributed by atoms with E-state index in [1.807, 2.05) is 12.1 Å². The van der Waals surface area contributed by atoms with E-state index < -0.39 is 17.3 Å². The minimum absolute atomic E-state index is 0.287. The van der Waals surface area contributed by atoms with Gasteiger partial charge in [-0.15, -0.1) is 0 Å². The molecule has 21 heavy (non-hydrogen) atoms. The Morgan fingerprint density at radius 3 is 2.76 bits per heavy atom. The van der Waals surface area contributed by atoms with Gasteiger partial charge >= 0.3 is 5.97 Å². The lowest BCUT2D eigenvalue weighted by atomic mass is 9.68. The maximum absolute atomic E-state index is 12.2. The van der Waals surface area contributed by atoms with E-state index in [9.17, 15) is 14.7 Å². The van der Waals surface area contributed by atoms with Crippen molar-refractivity contribution in [1.29, 1.82) is 0 Å². The number of carbonyl (C=O) groups excluding carboxylic acids is 1. The van der Waals surface area contributed by atoms with Crippen molar-refractivity contribution in [1.82, 2.24) is 5.32 Å². The Hall–Kier alpha value is -1.56. The first-order valence-corrected chi connectivity index (χ1v) is 7.78. The molecule has 0 atom stereocenters. The van der Waals surface area contributed by atoms with E-state index in [2.05, 4.69) is 21.2 Å². The van der Waals surface area contributed by atoms with Crippen LogP contribution in [0.25, 0.3) is 0 Å². The summed E-state index contributed by atoms with van der Waals surface area (Å²) in [4.78, 5) is 23.5. The van der Waals surface area contributed by atoms with E-state index in [-0.39, 0.29) is 6.54 Å². The summed E-state index contributed by atoms with van der Waals surface area (Å²) in [5.74, 6) is -0.605. The first-order chi connectivity index (χ1) is 10.0. The fraction of sp³-hybridized carbons (Fsp3) is 0.467. The molecule has 2 aliphatic rings. The maximum atomic E-state index is 12.2. The predicted molar refractivity (Wildman–Crippen MR) is 79.1 cm³/mol. The Morgan fingerprint density at radius 1 is 1.38 bits per heavy atom. The number of rotatable bonds is 4. The summed E-state index contributed by atoms with van der Waals surface area (Å²) in [5, 5.41) is 12.0. The SMILES string of the molecule is O=C(O)C1(C(=O)NCc2cc(Br)cc3c2OCC3)CCC1. The molecule has 5 nitrogen and oxygen atoms in total. The highest BCUT2D eigenvalue weighted by Gasteiger charge is 2.51. The molecule has 0 bridgehead atoms. The number of hydrogen-bond donors (Lipinski definition) is 2. The summed E-state index contributed by atoms with van der Waals surface area (Å²) in [7, 11) is 0. The number of benzene rings is 1. The molecule has 2 N–H and O–H groups in total. The second-order valence-electron chi connectivity index (χ2n) is 5.58. The van der Waals surface area contributed by atoms with Gasteiger partial charge in [-0.2, -0.15) is 0 Å². The quantitative estimate of drug-likeness (QED) is 0.814. The van der Waals surface area contributed by atoms with Crippen molar-refractivity contribution < 1.29 is 19.4 Å². The lowest BCUT2D eigenvalue weighted by Gasteiger charge is -2.35. The largest absolute Gasteiger partial charge is 0.493 e. The Labute approximate surface area is 130 Å². The van der Waals surface area contributed by atoms with Gasteiger partial charge in [-0.1, -0.05) is 22.4 Å². The van der Waals surface area contributed by atoms with Crippen LogP contribution >= 0.6 is 15.9 Å². The Kier molecular flexibility index (Phi) is 3.65. The molecular weight excluding hydrogens is 338 g/mol. The third-order valence-electron chi connectivity index (χ3n) is 4.32. The third kappa shape index (κ3) is 2.41. The zero-order valence-corrected chi connectivity index (χ0v) is 13.0. The van der Waals surface area contributed by atoms with Crippen molar-refractivity contribution in [3.8, 4) is 5.75 Å². The van der Waals surface area contributed by atoms with Gasteiger partial charge in [-0.3, -0.25) is 9.59 Å². The molecule has 1 aliphatic carbocycles. The molecule has 3 rings (SSSR count). The van der Waals surface area contributed by atoms with E-state index in [0.717, 1.165) is 34.2 Å². The van der Waals surface area contributed by atoms with Crippen molar-refractivity contribution in [2.24, 2.45) is 5.41 Å². The molecule has 1 aromatic rings. The van der Waals surface area contributed by atoms with E-state index in [4.69, 9.17) is 4.74 Å². The minimum atomic E-state index is -1.23. The molecule has 1 saturated carbocycles. The first-order valence-electron chi connectivity index (χ1n) is 6.99. The molecule has 1 amide bonds. The van der Waals surface area contributed by atoms with E-state index in [1.165, 1.54) is 0 Å². The lowest BCUT2D eigenvalue weighted by molar-refractivity contribution is -0.162. The van der Waals surface area contributed by atoms with E-state index in [0.29, 0.717) is 19.4 Å². The second kappa shape index (κ2) is 5.33. The molecule has 0 spiro atoms.